The molecule has 2 amide bonds. The maximum Gasteiger partial charge on any atom is 0.315 e. The number of aliphatic hydroxyl groups excluding tert-OH is 1. The van der Waals surface area contributed by atoms with Gasteiger partial charge in [0.15, 0.2) is 0 Å². The van der Waals surface area contributed by atoms with Crippen LogP contribution in [0.15, 0.2) is 0 Å². The third-order valence-corrected chi connectivity index (χ3v) is 5.07. The van der Waals surface area contributed by atoms with Gasteiger partial charge in [0.05, 0.1) is 18.2 Å². The number of amides is 2. The van der Waals surface area contributed by atoms with E-state index in [1.165, 1.54) is 25.7 Å². The van der Waals surface area contributed by atoms with Crippen molar-refractivity contribution in [3.8, 4) is 0 Å². The number of nitrogens with one attached hydrogen (secondary N) is 2. The van der Waals surface area contributed by atoms with Crippen LogP contribution < -0.4 is 10.6 Å². The second-order valence-electron chi connectivity index (χ2n) is 6.69. The minimum absolute atomic E-state index is 0.0914. The molecule has 2 aliphatic carbocycles. The fourth-order valence-electron chi connectivity index (χ4n) is 3.83. The molecule has 0 saturated heterocycles. The Morgan fingerprint density at radius 1 is 1.18 bits per heavy atom. The maximum atomic E-state index is 11.9. The summed E-state index contributed by atoms with van der Waals surface area (Å²) in [7, 11) is 0. The number of hydrogen-bond acceptors (Lipinski definition) is 3. The number of ether oxygens (including phenoxy) is 1. The fraction of sp³-hybridized carbons (Fsp3) is 0.941. The molecule has 5 heteroatoms. The molecule has 3 unspecified atom stereocenters. The summed E-state index contributed by atoms with van der Waals surface area (Å²) < 4.78 is 5.86. The largest absolute Gasteiger partial charge is 0.391 e. The van der Waals surface area contributed by atoms with Gasteiger partial charge in [-0.05, 0) is 44.9 Å². The predicted molar refractivity (Wildman–Crippen MR) is 86.8 cm³/mol. The molecule has 0 bridgehead atoms. The molecule has 5 nitrogen and oxygen atoms in total. The molecule has 22 heavy (non-hydrogen) atoms. The molecular formula is C17H32N2O3. The standard InChI is InChI=1S/C17H32N2O3/c1-2-22-16(13-7-3-4-8-13)11-12-18-17(21)19-14-9-5-6-10-15(14)20/h13-16,20H,2-12H2,1H3,(H2,18,19,21). The zero-order valence-electron chi connectivity index (χ0n) is 13.9. The van der Waals surface area contributed by atoms with Gasteiger partial charge >= 0.3 is 6.03 Å². The van der Waals surface area contributed by atoms with Crippen molar-refractivity contribution in [3.05, 3.63) is 0 Å². The summed E-state index contributed by atoms with van der Waals surface area (Å²) in [5, 5.41) is 15.7. The molecule has 0 aliphatic heterocycles. The molecule has 3 N–H and O–H groups in total. The first kappa shape index (κ1) is 17.5. The van der Waals surface area contributed by atoms with E-state index in [2.05, 4.69) is 10.6 Å². The van der Waals surface area contributed by atoms with Crippen LogP contribution in [0.3, 0.4) is 0 Å². The van der Waals surface area contributed by atoms with E-state index in [0.717, 1.165) is 38.7 Å². The summed E-state index contributed by atoms with van der Waals surface area (Å²) in [4.78, 5) is 11.9. The molecule has 2 fully saturated rings. The third kappa shape index (κ3) is 5.43. The van der Waals surface area contributed by atoms with Gasteiger partial charge in [-0.25, -0.2) is 4.79 Å². The van der Waals surface area contributed by atoms with Crippen LogP contribution in [-0.2, 0) is 4.74 Å². The molecule has 0 aromatic heterocycles. The highest BCUT2D eigenvalue weighted by Crippen LogP contribution is 2.30. The quantitative estimate of drug-likeness (QED) is 0.676. The van der Waals surface area contributed by atoms with Crippen LogP contribution >= 0.6 is 0 Å². The Balaban J connectivity index is 1.66. The SMILES string of the molecule is CCOC(CCNC(=O)NC1CCCCC1O)C1CCCC1. The van der Waals surface area contributed by atoms with Crippen LogP contribution in [0.1, 0.15) is 64.7 Å². The van der Waals surface area contributed by atoms with E-state index in [1.807, 2.05) is 6.92 Å². The van der Waals surface area contributed by atoms with Crippen LogP contribution in [0.5, 0.6) is 0 Å². The van der Waals surface area contributed by atoms with E-state index in [0.29, 0.717) is 12.5 Å². The first-order valence-electron chi connectivity index (χ1n) is 9.04. The highest BCUT2D eigenvalue weighted by Gasteiger charge is 2.26. The number of hydrogen-bond donors (Lipinski definition) is 3. The molecule has 0 heterocycles. The Kier molecular flexibility index (Phi) is 7.46. The highest BCUT2D eigenvalue weighted by atomic mass is 16.5. The number of carbonyl (C=O) groups is 1. The van der Waals surface area contributed by atoms with Crippen LogP contribution in [0.4, 0.5) is 4.79 Å². The molecule has 0 aromatic carbocycles. The van der Waals surface area contributed by atoms with Crippen LogP contribution in [0.2, 0.25) is 0 Å². The van der Waals surface area contributed by atoms with E-state index in [1.54, 1.807) is 0 Å². The van der Waals surface area contributed by atoms with Crippen molar-refractivity contribution in [2.24, 2.45) is 5.92 Å². The lowest BCUT2D eigenvalue weighted by molar-refractivity contribution is 0.0166. The zero-order valence-corrected chi connectivity index (χ0v) is 13.9. The third-order valence-electron chi connectivity index (χ3n) is 5.07. The van der Waals surface area contributed by atoms with Crippen molar-refractivity contribution in [1.82, 2.24) is 10.6 Å². The molecule has 2 aliphatic rings. The summed E-state index contributed by atoms with van der Waals surface area (Å²) in [6.45, 7) is 3.41. The highest BCUT2D eigenvalue weighted by molar-refractivity contribution is 5.74. The lowest BCUT2D eigenvalue weighted by Gasteiger charge is -2.28. The Labute approximate surface area is 134 Å². The van der Waals surface area contributed by atoms with Crippen LogP contribution in [-0.4, -0.2) is 42.5 Å². The predicted octanol–water partition coefficient (Wildman–Crippen LogP) is 2.57. The van der Waals surface area contributed by atoms with Crippen molar-refractivity contribution < 1.29 is 14.6 Å². The molecule has 0 radical (unpaired) electrons. The number of aliphatic hydroxyl groups is 1. The van der Waals surface area contributed by atoms with Crippen molar-refractivity contribution in [1.29, 1.82) is 0 Å². The van der Waals surface area contributed by atoms with E-state index >= 15 is 0 Å². The second kappa shape index (κ2) is 9.36. The first-order chi connectivity index (χ1) is 10.7. The topological polar surface area (TPSA) is 70.6 Å². The summed E-state index contributed by atoms with van der Waals surface area (Å²) >= 11 is 0. The van der Waals surface area contributed by atoms with Gasteiger partial charge in [-0.15, -0.1) is 0 Å². The van der Waals surface area contributed by atoms with Gasteiger partial charge in [0.2, 0.25) is 0 Å². The van der Waals surface area contributed by atoms with E-state index in [9.17, 15) is 9.90 Å². The summed E-state index contributed by atoms with van der Waals surface area (Å²) in [6.07, 6.45) is 9.67. The molecule has 3 atom stereocenters. The van der Waals surface area contributed by atoms with Crippen molar-refractivity contribution in [3.63, 3.8) is 0 Å². The maximum absolute atomic E-state index is 11.9. The number of rotatable bonds is 7. The average Bonchev–Trinajstić information content (AvgIpc) is 3.03. The monoisotopic (exact) mass is 312 g/mol. The smallest absolute Gasteiger partial charge is 0.315 e. The zero-order chi connectivity index (χ0) is 15.8. The minimum Gasteiger partial charge on any atom is -0.391 e. The first-order valence-corrected chi connectivity index (χ1v) is 9.04. The summed E-state index contributed by atoms with van der Waals surface area (Å²) in [5.74, 6) is 0.657. The van der Waals surface area contributed by atoms with Gasteiger partial charge in [-0.2, -0.15) is 0 Å². The van der Waals surface area contributed by atoms with Gasteiger partial charge in [0.25, 0.3) is 0 Å². The van der Waals surface area contributed by atoms with Gasteiger partial charge < -0.3 is 20.5 Å². The number of carbonyl (C=O) groups excluding carboxylic acids is 1. The van der Waals surface area contributed by atoms with Gasteiger partial charge in [-0.3, -0.25) is 0 Å². The molecular weight excluding hydrogens is 280 g/mol. The number of urea groups is 1. The van der Waals surface area contributed by atoms with Gasteiger partial charge in [0, 0.05) is 13.2 Å². The van der Waals surface area contributed by atoms with Gasteiger partial charge in [0.1, 0.15) is 0 Å². The molecule has 0 aromatic rings. The van der Waals surface area contributed by atoms with Crippen LogP contribution in [0.25, 0.3) is 0 Å². The Morgan fingerprint density at radius 3 is 2.55 bits per heavy atom. The lowest BCUT2D eigenvalue weighted by Crippen LogP contribution is -2.49. The normalized spacial score (nSPS) is 27.5. The van der Waals surface area contributed by atoms with Crippen molar-refractivity contribution in [2.45, 2.75) is 83.0 Å². The fourth-order valence-corrected chi connectivity index (χ4v) is 3.83. The van der Waals surface area contributed by atoms with Crippen molar-refractivity contribution in [2.75, 3.05) is 13.2 Å². The van der Waals surface area contributed by atoms with Crippen molar-refractivity contribution >= 4 is 6.03 Å². The van der Waals surface area contributed by atoms with E-state index in [-0.39, 0.29) is 18.2 Å². The Bertz CT molecular complexity index is 332. The molecule has 128 valence electrons. The molecule has 2 rings (SSSR count). The molecule has 0 spiro atoms. The average molecular weight is 312 g/mol. The minimum atomic E-state index is -0.394. The molecule has 2 saturated carbocycles. The summed E-state index contributed by atoms with van der Waals surface area (Å²) in [6, 6.07) is -0.251. The van der Waals surface area contributed by atoms with E-state index < -0.39 is 6.10 Å². The Morgan fingerprint density at radius 2 is 1.86 bits per heavy atom. The van der Waals surface area contributed by atoms with E-state index in [4.69, 9.17) is 4.74 Å². The van der Waals surface area contributed by atoms with Gasteiger partial charge in [-0.1, -0.05) is 25.7 Å². The summed E-state index contributed by atoms with van der Waals surface area (Å²) in [5.41, 5.74) is 0. The Hall–Kier alpha value is -0.810. The second-order valence-corrected chi connectivity index (χ2v) is 6.69. The lowest BCUT2D eigenvalue weighted by atomic mass is 9.93. The van der Waals surface area contributed by atoms with Crippen LogP contribution in [0, 0.1) is 5.92 Å².